The number of hydrogen-bond acceptors (Lipinski definition) is 7. The van der Waals surface area contributed by atoms with Crippen LogP contribution in [0.15, 0.2) is 53.6 Å². The number of nitriles is 1. The van der Waals surface area contributed by atoms with Gasteiger partial charge in [0.25, 0.3) is 0 Å². The van der Waals surface area contributed by atoms with E-state index >= 15 is 0 Å². The van der Waals surface area contributed by atoms with Crippen molar-refractivity contribution >= 4 is 34.4 Å². The van der Waals surface area contributed by atoms with Gasteiger partial charge in [0.05, 0.1) is 18.9 Å². The lowest BCUT2D eigenvalue weighted by Gasteiger charge is -2.11. The molecule has 1 aliphatic rings. The van der Waals surface area contributed by atoms with E-state index in [-0.39, 0.29) is 0 Å². The number of thiophene rings is 1. The molecule has 0 bridgehead atoms. The molecule has 9 heteroatoms. The van der Waals surface area contributed by atoms with Crippen LogP contribution in [0.1, 0.15) is 40.0 Å². The monoisotopic (exact) mass is 488 g/mol. The van der Waals surface area contributed by atoms with Crippen molar-refractivity contribution in [2.24, 2.45) is 5.10 Å². The van der Waals surface area contributed by atoms with Crippen molar-refractivity contribution in [3.8, 4) is 17.6 Å². The lowest BCUT2D eigenvalue weighted by molar-refractivity contribution is -0.136. The first-order chi connectivity index (χ1) is 17.1. The van der Waals surface area contributed by atoms with E-state index < -0.39 is 11.8 Å². The van der Waals surface area contributed by atoms with Gasteiger partial charge in [-0.1, -0.05) is 30.3 Å². The summed E-state index contributed by atoms with van der Waals surface area (Å²) < 4.78 is 11.2. The third-order valence-electron chi connectivity index (χ3n) is 5.52. The summed E-state index contributed by atoms with van der Waals surface area (Å²) in [5.74, 6) is -0.715. The maximum Gasteiger partial charge on any atom is 0.329 e. The first-order valence-corrected chi connectivity index (χ1v) is 11.9. The van der Waals surface area contributed by atoms with Gasteiger partial charge in [0.15, 0.2) is 11.5 Å². The van der Waals surface area contributed by atoms with E-state index in [9.17, 15) is 14.9 Å². The molecule has 178 valence electrons. The number of hydrazone groups is 1. The minimum atomic E-state index is -0.925. The number of rotatable bonds is 7. The Morgan fingerprint density at radius 1 is 1.11 bits per heavy atom. The van der Waals surface area contributed by atoms with Gasteiger partial charge in [0, 0.05) is 4.88 Å². The molecule has 3 aromatic rings. The Kier molecular flexibility index (Phi) is 7.75. The lowest BCUT2D eigenvalue weighted by atomic mass is 9.96. The first kappa shape index (κ1) is 24.0. The summed E-state index contributed by atoms with van der Waals surface area (Å²) in [5.41, 5.74) is 5.32. The second-order valence-electron chi connectivity index (χ2n) is 7.86. The van der Waals surface area contributed by atoms with Crippen LogP contribution in [0, 0.1) is 11.3 Å². The Balaban J connectivity index is 1.37. The number of anilines is 1. The average molecular weight is 489 g/mol. The molecule has 8 nitrogen and oxygen atoms in total. The summed E-state index contributed by atoms with van der Waals surface area (Å²) in [5, 5.41) is 16.4. The number of amides is 2. The van der Waals surface area contributed by atoms with Crippen molar-refractivity contribution in [3.63, 3.8) is 0 Å². The Labute approximate surface area is 207 Å². The standard InChI is InChI=1S/C26H24N4O4S/c1-33-21-12-11-18(13-22(21)34-16-17-7-3-2-4-8-17)15-28-30-25(32)24(31)29-26-20(14-27)19-9-5-6-10-23(19)35-26/h2-4,7-8,11-13,15H,5-6,9-10,16H2,1H3,(H,29,31)(H,30,32)/b28-15+. The quantitative estimate of drug-likeness (QED) is 0.294. The number of nitrogens with one attached hydrogen (secondary N) is 2. The van der Waals surface area contributed by atoms with Crippen molar-refractivity contribution in [2.45, 2.75) is 32.3 Å². The molecule has 1 heterocycles. The molecule has 0 saturated carbocycles. The van der Waals surface area contributed by atoms with E-state index in [1.165, 1.54) is 17.6 Å². The highest BCUT2D eigenvalue weighted by Crippen LogP contribution is 2.37. The minimum Gasteiger partial charge on any atom is -0.493 e. The molecule has 1 aromatic heterocycles. The number of methoxy groups -OCH3 is 1. The van der Waals surface area contributed by atoms with E-state index in [2.05, 4.69) is 21.9 Å². The third kappa shape index (κ3) is 5.86. The van der Waals surface area contributed by atoms with Gasteiger partial charge >= 0.3 is 11.8 Å². The molecule has 1 aliphatic carbocycles. The van der Waals surface area contributed by atoms with E-state index in [0.29, 0.717) is 34.2 Å². The Morgan fingerprint density at radius 2 is 1.91 bits per heavy atom. The summed E-state index contributed by atoms with van der Waals surface area (Å²) >= 11 is 1.36. The zero-order chi connectivity index (χ0) is 24.6. The number of carbonyl (C=O) groups is 2. The molecule has 4 rings (SSSR count). The largest absolute Gasteiger partial charge is 0.493 e. The van der Waals surface area contributed by atoms with Crippen LogP contribution in [0.2, 0.25) is 0 Å². The summed E-state index contributed by atoms with van der Waals surface area (Å²) in [4.78, 5) is 25.7. The van der Waals surface area contributed by atoms with Gasteiger partial charge in [0.2, 0.25) is 0 Å². The first-order valence-electron chi connectivity index (χ1n) is 11.1. The van der Waals surface area contributed by atoms with Gasteiger partial charge in [0.1, 0.15) is 17.7 Å². The van der Waals surface area contributed by atoms with E-state index in [1.54, 1.807) is 25.3 Å². The van der Waals surface area contributed by atoms with Crippen molar-refractivity contribution in [1.82, 2.24) is 5.43 Å². The molecule has 0 spiro atoms. The second-order valence-corrected chi connectivity index (χ2v) is 8.97. The normalized spacial score (nSPS) is 12.5. The van der Waals surface area contributed by atoms with Crippen LogP contribution >= 0.6 is 11.3 Å². The van der Waals surface area contributed by atoms with Crippen LogP contribution in [-0.2, 0) is 29.0 Å². The van der Waals surface area contributed by atoms with Crippen LogP contribution < -0.4 is 20.2 Å². The fourth-order valence-corrected chi connectivity index (χ4v) is 5.00. The number of aryl methyl sites for hydroxylation is 1. The predicted octanol–water partition coefficient (Wildman–Crippen LogP) is 4.17. The number of fused-ring (bicyclic) bond motifs is 1. The SMILES string of the molecule is COc1ccc(/C=N/NC(=O)C(=O)Nc2sc3c(c2C#N)CCCC3)cc1OCc1ccccc1. The van der Waals surface area contributed by atoms with Gasteiger partial charge in [-0.3, -0.25) is 9.59 Å². The molecule has 0 aliphatic heterocycles. The zero-order valence-corrected chi connectivity index (χ0v) is 20.0. The van der Waals surface area contributed by atoms with Crippen molar-refractivity contribution in [1.29, 1.82) is 5.26 Å². The molecule has 0 saturated heterocycles. The van der Waals surface area contributed by atoms with Crippen LogP contribution in [0.25, 0.3) is 0 Å². The van der Waals surface area contributed by atoms with Gasteiger partial charge in [-0.2, -0.15) is 10.4 Å². The molecule has 2 aromatic carbocycles. The molecule has 35 heavy (non-hydrogen) atoms. The molecule has 0 unspecified atom stereocenters. The maximum atomic E-state index is 12.4. The number of carbonyl (C=O) groups excluding carboxylic acids is 2. The summed E-state index contributed by atoms with van der Waals surface area (Å²) in [6.07, 6.45) is 5.20. The van der Waals surface area contributed by atoms with Gasteiger partial charge in [-0.15, -0.1) is 11.3 Å². The van der Waals surface area contributed by atoms with Crippen molar-refractivity contribution in [2.75, 3.05) is 12.4 Å². The van der Waals surface area contributed by atoms with E-state index in [0.717, 1.165) is 41.7 Å². The van der Waals surface area contributed by atoms with Crippen LogP contribution in [0.3, 0.4) is 0 Å². The molecule has 0 atom stereocenters. The summed E-state index contributed by atoms with van der Waals surface area (Å²) in [6.45, 7) is 0.367. The van der Waals surface area contributed by atoms with Gasteiger partial charge < -0.3 is 14.8 Å². The number of hydrogen-bond donors (Lipinski definition) is 2. The average Bonchev–Trinajstić information content (AvgIpc) is 3.24. The second kappa shape index (κ2) is 11.3. The molecule has 2 N–H and O–H groups in total. The Hall–Kier alpha value is -4.16. The molecule has 0 radical (unpaired) electrons. The highest BCUT2D eigenvalue weighted by atomic mass is 32.1. The fraction of sp³-hybridized carbons (Fsp3) is 0.231. The topological polar surface area (TPSA) is 113 Å². The molecule has 2 amide bonds. The predicted molar refractivity (Wildman–Crippen MR) is 134 cm³/mol. The third-order valence-corrected chi connectivity index (χ3v) is 6.73. The minimum absolute atomic E-state index is 0.367. The van der Waals surface area contributed by atoms with Crippen molar-refractivity contribution in [3.05, 3.63) is 75.7 Å². The summed E-state index contributed by atoms with van der Waals surface area (Å²) in [7, 11) is 1.55. The van der Waals surface area contributed by atoms with Crippen LogP contribution in [-0.4, -0.2) is 25.1 Å². The zero-order valence-electron chi connectivity index (χ0n) is 19.2. The number of benzene rings is 2. The lowest BCUT2D eigenvalue weighted by Crippen LogP contribution is -2.32. The molecule has 0 fully saturated rings. The van der Waals surface area contributed by atoms with Gasteiger partial charge in [-0.25, -0.2) is 5.43 Å². The molecular weight excluding hydrogens is 464 g/mol. The van der Waals surface area contributed by atoms with Crippen LogP contribution in [0.4, 0.5) is 5.00 Å². The maximum absolute atomic E-state index is 12.4. The Morgan fingerprint density at radius 3 is 2.69 bits per heavy atom. The Bertz CT molecular complexity index is 1290. The number of ether oxygens (including phenoxy) is 2. The van der Waals surface area contributed by atoms with E-state index in [4.69, 9.17) is 9.47 Å². The van der Waals surface area contributed by atoms with Gasteiger partial charge in [-0.05, 0) is 60.6 Å². The number of nitrogens with zero attached hydrogens (tertiary/aromatic N) is 2. The highest BCUT2D eigenvalue weighted by molar-refractivity contribution is 7.16. The van der Waals surface area contributed by atoms with Crippen molar-refractivity contribution < 1.29 is 19.1 Å². The van der Waals surface area contributed by atoms with E-state index in [1.807, 2.05) is 30.3 Å². The summed E-state index contributed by atoms with van der Waals surface area (Å²) in [6, 6.07) is 17.1. The fourth-order valence-electron chi connectivity index (χ4n) is 3.77. The molecular formula is C26H24N4O4S. The van der Waals surface area contributed by atoms with Crippen LogP contribution in [0.5, 0.6) is 11.5 Å². The smallest absolute Gasteiger partial charge is 0.329 e. The highest BCUT2D eigenvalue weighted by Gasteiger charge is 2.23.